The van der Waals surface area contributed by atoms with E-state index in [2.05, 4.69) is 23.7 Å². The fourth-order valence-electron chi connectivity index (χ4n) is 1.65. The van der Waals surface area contributed by atoms with Crippen molar-refractivity contribution in [1.29, 1.82) is 0 Å². The van der Waals surface area contributed by atoms with E-state index in [-0.39, 0.29) is 0 Å². The van der Waals surface area contributed by atoms with Gasteiger partial charge in [-0.25, -0.2) is 0 Å². The monoisotopic (exact) mass is 265 g/mol. The van der Waals surface area contributed by atoms with E-state index in [4.69, 9.17) is 9.15 Å². The molecule has 0 radical (unpaired) electrons. The molecule has 0 unspecified atom stereocenters. The van der Waals surface area contributed by atoms with Crippen LogP contribution >= 0.6 is 11.3 Å². The van der Waals surface area contributed by atoms with Gasteiger partial charge in [0.1, 0.15) is 12.4 Å². The molecule has 0 saturated carbocycles. The first-order valence-electron chi connectivity index (χ1n) is 6.20. The fraction of sp³-hybridized carbons (Fsp3) is 0.429. The van der Waals surface area contributed by atoms with Gasteiger partial charge in [0.2, 0.25) is 0 Å². The Balaban J connectivity index is 1.48. The van der Waals surface area contributed by atoms with E-state index >= 15 is 0 Å². The zero-order valence-electron chi connectivity index (χ0n) is 10.6. The van der Waals surface area contributed by atoms with Gasteiger partial charge in [0, 0.05) is 18.0 Å². The molecule has 2 rings (SSSR count). The van der Waals surface area contributed by atoms with Crippen LogP contribution in [0.4, 0.5) is 0 Å². The van der Waals surface area contributed by atoms with Gasteiger partial charge in [0.05, 0.1) is 6.26 Å². The quantitative estimate of drug-likeness (QED) is 0.743. The number of nitrogens with one attached hydrogen (secondary N) is 1. The van der Waals surface area contributed by atoms with Gasteiger partial charge in [-0.1, -0.05) is 0 Å². The van der Waals surface area contributed by atoms with E-state index in [1.807, 2.05) is 23.5 Å². The smallest absolute Gasteiger partial charge is 0.129 e. The lowest BCUT2D eigenvalue weighted by atomic mass is 10.3. The Bertz CT molecular complexity index is 436. The molecule has 2 aromatic rings. The number of thiophene rings is 1. The molecular weight excluding hydrogens is 246 g/mol. The van der Waals surface area contributed by atoms with Gasteiger partial charge in [0.25, 0.3) is 0 Å². The zero-order chi connectivity index (χ0) is 12.6. The van der Waals surface area contributed by atoms with Crippen molar-refractivity contribution in [3.8, 4) is 0 Å². The van der Waals surface area contributed by atoms with Gasteiger partial charge in [0.15, 0.2) is 0 Å². The lowest BCUT2D eigenvalue weighted by Crippen LogP contribution is -2.16. The third-order valence-corrected chi connectivity index (χ3v) is 3.74. The standard InChI is InChI=1S/C14H19NO2S/c1-12-5-9-18-14(12)10-15-6-3-7-16-11-13-4-2-8-17-13/h2,4-5,8-9,15H,3,6-7,10-11H2,1H3. The van der Waals surface area contributed by atoms with E-state index in [0.29, 0.717) is 6.61 Å². The van der Waals surface area contributed by atoms with Gasteiger partial charge >= 0.3 is 0 Å². The Kier molecular flexibility index (Phi) is 5.45. The normalized spacial score (nSPS) is 10.9. The molecule has 0 bridgehead atoms. The summed E-state index contributed by atoms with van der Waals surface area (Å²) in [7, 11) is 0. The van der Waals surface area contributed by atoms with Crippen LogP contribution in [-0.2, 0) is 17.9 Å². The highest BCUT2D eigenvalue weighted by Crippen LogP contribution is 2.14. The Morgan fingerprint density at radius 2 is 2.33 bits per heavy atom. The summed E-state index contributed by atoms with van der Waals surface area (Å²) in [6.45, 7) is 5.42. The zero-order valence-corrected chi connectivity index (χ0v) is 11.5. The Morgan fingerprint density at radius 1 is 1.39 bits per heavy atom. The third-order valence-electron chi connectivity index (χ3n) is 2.72. The summed E-state index contributed by atoms with van der Waals surface area (Å²) in [5, 5.41) is 5.57. The van der Waals surface area contributed by atoms with Crippen LogP contribution in [0.5, 0.6) is 0 Å². The lowest BCUT2D eigenvalue weighted by molar-refractivity contribution is 0.104. The second-order valence-electron chi connectivity index (χ2n) is 4.19. The minimum atomic E-state index is 0.567. The highest BCUT2D eigenvalue weighted by Gasteiger charge is 1.99. The fourth-order valence-corrected chi connectivity index (χ4v) is 2.53. The van der Waals surface area contributed by atoms with Gasteiger partial charge in [-0.2, -0.15) is 0 Å². The Hall–Kier alpha value is -1.10. The van der Waals surface area contributed by atoms with Crippen LogP contribution in [0.25, 0.3) is 0 Å². The first-order valence-corrected chi connectivity index (χ1v) is 7.08. The van der Waals surface area contributed by atoms with Crippen LogP contribution in [0.15, 0.2) is 34.3 Å². The molecule has 0 amide bonds. The summed E-state index contributed by atoms with van der Waals surface area (Å²) in [5.74, 6) is 0.886. The number of ether oxygens (including phenoxy) is 1. The maximum absolute atomic E-state index is 5.51. The summed E-state index contributed by atoms with van der Waals surface area (Å²) >= 11 is 1.81. The predicted molar refractivity (Wildman–Crippen MR) is 73.7 cm³/mol. The molecule has 2 heterocycles. The predicted octanol–water partition coefficient (Wildman–Crippen LogP) is 3.35. The summed E-state index contributed by atoms with van der Waals surface area (Å²) < 4.78 is 10.7. The number of rotatable bonds is 8. The number of aryl methyl sites for hydroxylation is 1. The topological polar surface area (TPSA) is 34.4 Å². The highest BCUT2D eigenvalue weighted by molar-refractivity contribution is 7.10. The molecule has 0 aliphatic rings. The molecule has 0 aliphatic heterocycles. The largest absolute Gasteiger partial charge is 0.467 e. The molecule has 1 N–H and O–H groups in total. The van der Waals surface area contributed by atoms with Crippen molar-refractivity contribution in [3.05, 3.63) is 46.0 Å². The van der Waals surface area contributed by atoms with Crippen LogP contribution in [0, 0.1) is 6.92 Å². The summed E-state index contributed by atoms with van der Waals surface area (Å²) in [6.07, 6.45) is 2.69. The third kappa shape index (κ3) is 4.29. The van der Waals surface area contributed by atoms with Crippen LogP contribution in [0.1, 0.15) is 22.6 Å². The Labute approximate surface area is 112 Å². The second-order valence-corrected chi connectivity index (χ2v) is 5.19. The van der Waals surface area contributed by atoms with Gasteiger partial charge in [-0.15, -0.1) is 11.3 Å². The van der Waals surface area contributed by atoms with Gasteiger partial charge in [-0.05, 0) is 49.0 Å². The highest BCUT2D eigenvalue weighted by atomic mass is 32.1. The number of furan rings is 1. The molecule has 0 atom stereocenters. The van der Waals surface area contributed by atoms with Crippen LogP contribution in [0.3, 0.4) is 0 Å². The van der Waals surface area contributed by atoms with Crippen molar-refractivity contribution >= 4 is 11.3 Å². The minimum Gasteiger partial charge on any atom is -0.467 e. The van der Waals surface area contributed by atoms with Crippen molar-refractivity contribution in [1.82, 2.24) is 5.32 Å². The van der Waals surface area contributed by atoms with Crippen LogP contribution in [-0.4, -0.2) is 13.2 Å². The van der Waals surface area contributed by atoms with Crippen molar-refractivity contribution in [2.75, 3.05) is 13.2 Å². The molecule has 0 fully saturated rings. The number of hydrogen-bond donors (Lipinski definition) is 1. The first kappa shape index (κ1) is 13.3. The molecule has 0 saturated heterocycles. The van der Waals surface area contributed by atoms with Gasteiger partial charge in [-0.3, -0.25) is 0 Å². The van der Waals surface area contributed by atoms with Crippen molar-refractivity contribution < 1.29 is 9.15 Å². The first-order chi connectivity index (χ1) is 8.86. The molecule has 3 nitrogen and oxygen atoms in total. The van der Waals surface area contributed by atoms with Gasteiger partial charge < -0.3 is 14.5 Å². The SMILES string of the molecule is Cc1ccsc1CNCCCOCc1ccco1. The number of hydrogen-bond acceptors (Lipinski definition) is 4. The molecule has 0 aromatic carbocycles. The summed E-state index contributed by atoms with van der Waals surface area (Å²) in [4.78, 5) is 1.42. The lowest BCUT2D eigenvalue weighted by Gasteiger charge is -2.05. The van der Waals surface area contributed by atoms with E-state index in [1.54, 1.807) is 6.26 Å². The second kappa shape index (κ2) is 7.36. The summed E-state index contributed by atoms with van der Waals surface area (Å²) in [6, 6.07) is 5.97. The minimum absolute atomic E-state index is 0.567. The molecule has 98 valence electrons. The molecular formula is C14H19NO2S. The average molecular weight is 265 g/mol. The van der Waals surface area contributed by atoms with Crippen LogP contribution in [0.2, 0.25) is 0 Å². The van der Waals surface area contributed by atoms with Crippen molar-refractivity contribution in [3.63, 3.8) is 0 Å². The van der Waals surface area contributed by atoms with E-state index < -0.39 is 0 Å². The van der Waals surface area contributed by atoms with Crippen molar-refractivity contribution in [2.45, 2.75) is 26.5 Å². The summed E-state index contributed by atoms with van der Waals surface area (Å²) in [5.41, 5.74) is 1.38. The molecule has 0 spiro atoms. The average Bonchev–Trinajstić information content (AvgIpc) is 3.00. The van der Waals surface area contributed by atoms with Crippen LogP contribution < -0.4 is 5.32 Å². The van der Waals surface area contributed by atoms with Crippen molar-refractivity contribution in [2.24, 2.45) is 0 Å². The molecule has 18 heavy (non-hydrogen) atoms. The molecule has 0 aliphatic carbocycles. The maximum atomic E-state index is 5.51. The van der Waals surface area contributed by atoms with E-state index in [1.165, 1.54) is 10.4 Å². The molecule has 2 aromatic heterocycles. The van der Waals surface area contributed by atoms with E-state index in [0.717, 1.165) is 31.9 Å². The molecule has 4 heteroatoms. The Morgan fingerprint density at radius 3 is 3.06 bits per heavy atom. The van der Waals surface area contributed by atoms with E-state index in [9.17, 15) is 0 Å². The maximum Gasteiger partial charge on any atom is 0.129 e.